The minimum absolute atomic E-state index is 0.0473. The smallest absolute Gasteiger partial charge is 0.333 e. The van der Waals surface area contributed by atoms with Crippen LogP contribution in [0, 0.1) is 0 Å². The number of carbonyl (C=O) groups is 4. The first-order chi connectivity index (χ1) is 19.9. The van der Waals surface area contributed by atoms with Gasteiger partial charge in [0.05, 0.1) is 20.3 Å². The average molecular weight is 589 g/mol. The molecule has 0 atom stereocenters. The van der Waals surface area contributed by atoms with Gasteiger partial charge in [0.15, 0.2) is 0 Å². The predicted molar refractivity (Wildman–Crippen MR) is 166 cm³/mol. The Bertz CT molecular complexity index is 992. The van der Waals surface area contributed by atoms with Gasteiger partial charge in [0.25, 0.3) is 0 Å². The first-order valence-electron chi connectivity index (χ1n) is 13.5. The van der Waals surface area contributed by atoms with Gasteiger partial charge in [0.1, 0.15) is 6.61 Å². The monoisotopic (exact) mass is 588 g/mol. The maximum absolute atomic E-state index is 11.1. The van der Waals surface area contributed by atoms with Gasteiger partial charge in [-0.05, 0) is 31.7 Å². The summed E-state index contributed by atoms with van der Waals surface area (Å²) in [6.07, 6.45) is 10.4. The molecule has 0 spiro atoms. The Kier molecular flexibility index (Phi) is 29.9. The van der Waals surface area contributed by atoms with E-state index in [0.29, 0.717) is 36.2 Å². The van der Waals surface area contributed by atoms with Crippen molar-refractivity contribution < 1.29 is 43.6 Å². The van der Waals surface area contributed by atoms with Crippen LogP contribution in [-0.2, 0) is 33.4 Å². The highest BCUT2D eigenvalue weighted by atomic mass is 16.5. The van der Waals surface area contributed by atoms with Crippen LogP contribution < -0.4 is 0 Å². The number of allylic oxidation sites excluding steroid dienone is 1. The number of benzene rings is 1. The van der Waals surface area contributed by atoms with Crippen molar-refractivity contribution in [1.29, 1.82) is 0 Å². The number of carboxylic acid groups (broad SMARTS) is 1. The van der Waals surface area contributed by atoms with E-state index >= 15 is 0 Å². The molecule has 234 valence electrons. The number of carbonyl (C=O) groups excluding carboxylic acids is 3. The number of hydrogen-bond donors (Lipinski definition) is 2. The molecule has 2 N–H and O–H groups in total. The molecule has 1 aromatic rings. The van der Waals surface area contributed by atoms with E-state index in [1.54, 1.807) is 6.92 Å². The Labute approximate surface area is 250 Å². The van der Waals surface area contributed by atoms with E-state index in [1.165, 1.54) is 20.0 Å². The molecule has 0 aliphatic heterocycles. The Morgan fingerprint density at radius 1 is 0.857 bits per heavy atom. The molecule has 0 aliphatic carbocycles. The lowest BCUT2D eigenvalue weighted by Gasteiger charge is -2.04. The van der Waals surface area contributed by atoms with Crippen molar-refractivity contribution in [2.75, 3.05) is 26.9 Å². The first-order valence-corrected chi connectivity index (χ1v) is 13.5. The molecule has 1 rings (SSSR count). The van der Waals surface area contributed by atoms with Crippen molar-refractivity contribution in [2.45, 2.75) is 59.3 Å². The highest BCUT2D eigenvalue weighted by Crippen LogP contribution is 2.06. The molecule has 9 heteroatoms. The molecule has 0 aliphatic rings. The lowest BCUT2D eigenvalue weighted by atomic mass is 10.1. The molecule has 0 saturated heterocycles. The Hall–Kier alpha value is -4.24. The molecule has 0 unspecified atom stereocenters. The van der Waals surface area contributed by atoms with E-state index in [9.17, 15) is 19.2 Å². The number of carboxylic acids is 1. The van der Waals surface area contributed by atoms with Gasteiger partial charge in [-0.1, -0.05) is 102 Å². The molecule has 0 fully saturated rings. The molecule has 0 amide bonds. The number of esters is 3. The summed E-state index contributed by atoms with van der Waals surface area (Å²) in [6, 6.07) is 9.89. The number of methoxy groups -OCH3 is 1. The lowest BCUT2D eigenvalue weighted by molar-refractivity contribution is -0.140. The van der Waals surface area contributed by atoms with Crippen LogP contribution in [0.1, 0.15) is 64.9 Å². The van der Waals surface area contributed by atoms with Gasteiger partial charge in [-0.3, -0.25) is 0 Å². The third-order valence-corrected chi connectivity index (χ3v) is 4.74. The summed E-state index contributed by atoms with van der Waals surface area (Å²) in [4.78, 5) is 41.8. The lowest BCUT2D eigenvalue weighted by Crippen LogP contribution is -2.08. The predicted octanol–water partition coefficient (Wildman–Crippen LogP) is 6.25. The second-order valence-corrected chi connectivity index (χ2v) is 8.45. The summed E-state index contributed by atoms with van der Waals surface area (Å²) in [5, 5.41) is 15.8. The van der Waals surface area contributed by atoms with Gasteiger partial charge in [-0.25, -0.2) is 19.2 Å². The summed E-state index contributed by atoms with van der Waals surface area (Å²) in [7, 11) is 1.36. The van der Waals surface area contributed by atoms with Crippen molar-refractivity contribution in [1.82, 2.24) is 0 Å². The van der Waals surface area contributed by atoms with E-state index in [0.717, 1.165) is 24.5 Å². The van der Waals surface area contributed by atoms with Gasteiger partial charge >= 0.3 is 23.9 Å². The fourth-order valence-corrected chi connectivity index (χ4v) is 2.33. The molecule has 0 heterocycles. The number of ether oxygens (including phenoxy) is 3. The summed E-state index contributed by atoms with van der Waals surface area (Å²) in [5.74, 6) is -2.03. The van der Waals surface area contributed by atoms with Gasteiger partial charge in [-0.2, -0.15) is 0 Å². The van der Waals surface area contributed by atoms with Crippen molar-refractivity contribution >= 4 is 30.0 Å². The van der Waals surface area contributed by atoms with E-state index in [2.05, 4.69) is 42.7 Å². The van der Waals surface area contributed by atoms with Crippen molar-refractivity contribution in [3.05, 3.63) is 91.1 Å². The van der Waals surface area contributed by atoms with Crippen LogP contribution in [0.5, 0.6) is 0 Å². The summed E-state index contributed by atoms with van der Waals surface area (Å²) >= 11 is 0. The number of aliphatic hydroxyl groups is 1. The zero-order valence-electron chi connectivity index (χ0n) is 25.6. The van der Waals surface area contributed by atoms with E-state index < -0.39 is 11.9 Å². The molecule has 0 bridgehead atoms. The molecular formula is C33H48O9. The van der Waals surface area contributed by atoms with Crippen LogP contribution in [0.3, 0.4) is 0 Å². The van der Waals surface area contributed by atoms with Crippen molar-refractivity contribution in [3.63, 3.8) is 0 Å². The molecule has 0 saturated carbocycles. The Balaban J connectivity index is -0.000000515. The van der Waals surface area contributed by atoms with Crippen LogP contribution in [0.15, 0.2) is 85.5 Å². The maximum atomic E-state index is 11.1. The molecule has 9 nitrogen and oxygen atoms in total. The maximum Gasteiger partial charge on any atom is 0.333 e. The van der Waals surface area contributed by atoms with Crippen LogP contribution >= 0.6 is 0 Å². The molecule has 42 heavy (non-hydrogen) atoms. The van der Waals surface area contributed by atoms with Gasteiger partial charge < -0.3 is 24.4 Å². The highest BCUT2D eigenvalue weighted by molar-refractivity contribution is 5.88. The Morgan fingerprint density at radius 2 is 1.43 bits per heavy atom. The quantitative estimate of drug-likeness (QED) is 0.105. The van der Waals surface area contributed by atoms with Crippen LogP contribution in [-0.4, -0.2) is 61.0 Å². The van der Waals surface area contributed by atoms with E-state index in [1.807, 2.05) is 49.4 Å². The largest absolute Gasteiger partial charge is 0.478 e. The number of hydrogen-bond acceptors (Lipinski definition) is 8. The number of aliphatic carboxylic acids is 1. The normalized spacial score (nSPS) is 9.26. The second-order valence-electron chi connectivity index (χ2n) is 8.45. The van der Waals surface area contributed by atoms with Gasteiger partial charge in [0, 0.05) is 22.8 Å². The third kappa shape index (κ3) is 28.8. The van der Waals surface area contributed by atoms with Crippen molar-refractivity contribution in [3.8, 4) is 0 Å². The van der Waals surface area contributed by atoms with Crippen molar-refractivity contribution in [2.24, 2.45) is 0 Å². The highest BCUT2D eigenvalue weighted by Gasteiger charge is 2.05. The van der Waals surface area contributed by atoms with Crippen LogP contribution in [0.25, 0.3) is 6.08 Å². The SMILES string of the molecule is C=C(C)C(=O)OCCO.C=C(CC)C(=O)OCCCCCC.C=C(CC=Cc1ccccc1)C(=O)OC.C=CC(=O)O. The number of aliphatic hydroxyl groups excluding tert-OH is 1. The van der Waals surface area contributed by atoms with Crippen LogP contribution in [0.2, 0.25) is 0 Å². The minimum atomic E-state index is -0.981. The zero-order valence-corrected chi connectivity index (χ0v) is 25.6. The molecule has 1 aromatic carbocycles. The molecule has 0 radical (unpaired) electrons. The number of rotatable bonds is 15. The summed E-state index contributed by atoms with van der Waals surface area (Å²) in [6.45, 7) is 19.6. The summed E-state index contributed by atoms with van der Waals surface area (Å²) < 4.78 is 14.0. The van der Waals surface area contributed by atoms with Gasteiger partial charge in [-0.15, -0.1) is 0 Å². The standard InChI is InChI=1S/C13H14O2.C11H20O2.C6H10O3.C3H4O2/c1-11(13(14)15-2)7-6-10-12-8-4-3-5-9-12;1-4-6-7-8-9-13-11(12)10(3)5-2;1-5(2)6(8)9-4-3-7;1-2-3(4)5/h3-6,8-10H,1,7H2,2H3;3-9H2,1-2H3;7H,1,3-4H2,2H3;2H,1H2,(H,4,5). The number of unbranched alkanes of at least 4 members (excludes halogenated alkanes) is 3. The van der Waals surface area contributed by atoms with Crippen LogP contribution in [0.4, 0.5) is 0 Å². The second kappa shape index (κ2) is 29.7. The first kappa shape index (κ1) is 42.2. The summed E-state index contributed by atoms with van der Waals surface area (Å²) in [5.41, 5.74) is 2.48. The Morgan fingerprint density at radius 3 is 1.88 bits per heavy atom. The van der Waals surface area contributed by atoms with E-state index in [-0.39, 0.29) is 25.2 Å². The zero-order chi connectivity index (χ0) is 32.8. The molecular weight excluding hydrogens is 540 g/mol. The van der Waals surface area contributed by atoms with E-state index in [4.69, 9.17) is 14.9 Å². The third-order valence-electron chi connectivity index (χ3n) is 4.74. The minimum Gasteiger partial charge on any atom is -0.478 e. The average Bonchev–Trinajstić information content (AvgIpc) is 2.99. The fraction of sp³-hybridized carbons (Fsp3) is 0.394. The molecule has 0 aromatic heterocycles. The fourth-order valence-electron chi connectivity index (χ4n) is 2.33. The topological polar surface area (TPSA) is 136 Å². The van der Waals surface area contributed by atoms with Gasteiger partial charge in [0.2, 0.25) is 0 Å².